The molecule has 3 aromatic carbocycles. The molecule has 1 aliphatic rings. The summed E-state index contributed by atoms with van der Waals surface area (Å²) in [5.41, 5.74) is 2.03. The molecule has 2 heterocycles. The lowest BCUT2D eigenvalue weighted by Crippen LogP contribution is -2.48. The molecule has 1 N–H and O–H groups in total. The number of methoxy groups -OCH3 is 2. The zero-order valence-electron chi connectivity index (χ0n) is 20.7. The molecule has 0 spiro atoms. The minimum Gasteiger partial charge on any atom is -0.497 e. The number of hydrogen-bond donors (Lipinski definition) is 1. The van der Waals surface area contributed by atoms with Crippen molar-refractivity contribution in [3.63, 3.8) is 0 Å². The van der Waals surface area contributed by atoms with E-state index in [2.05, 4.69) is 15.5 Å². The van der Waals surface area contributed by atoms with E-state index in [1.807, 2.05) is 31.2 Å². The lowest BCUT2D eigenvalue weighted by atomic mass is 10.1. The number of amides is 1. The summed E-state index contributed by atoms with van der Waals surface area (Å²) >= 11 is 1.19. The first-order valence-corrected chi connectivity index (χ1v) is 13.8. The number of aromatic nitrogens is 2. The van der Waals surface area contributed by atoms with Gasteiger partial charge in [0.15, 0.2) is 6.10 Å². The zero-order valence-corrected chi connectivity index (χ0v) is 22.4. The number of carbonyl (C=O) groups is 1. The maximum absolute atomic E-state index is 13.7. The Bertz CT molecular complexity index is 1570. The number of fused-ring (bicyclic) bond motifs is 1. The molecular weight excluding hydrogens is 528 g/mol. The molecule has 0 fully saturated rings. The Labute approximate surface area is 223 Å². The Kier molecular flexibility index (Phi) is 6.91. The standard InChI is InChI=1S/C26H24N4O6S2/c1-16-4-13-22-21(14-16)30(38(32,33)20-11-9-19(35-3)10-12-20)15-23(36-22)24(31)27-26-29-28-25(37-26)17-5-7-18(34-2)8-6-17/h4-14,23H,15H2,1-3H3,(H,27,29,31). The third-order valence-electron chi connectivity index (χ3n) is 5.92. The Morgan fingerprint density at radius 3 is 2.32 bits per heavy atom. The molecule has 0 saturated heterocycles. The van der Waals surface area contributed by atoms with E-state index in [1.165, 1.54) is 34.9 Å². The number of rotatable bonds is 7. The van der Waals surface area contributed by atoms with E-state index in [4.69, 9.17) is 14.2 Å². The van der Waals surface area contributed by atoms with Crippen molar-refractivity contribution in [3.8, 4) is 27.8 Å². The van der Waals surface area contributed by atoms with Gasteiger partial charge >= 0.3 is 0 Å². The first-order chi connectivity index (χ1) is 18.3. The van der Waals surface area contributed by atoms with Crippen LogP contribution < -0.4 is 23.8 Å². The summed E-state index contributed by atoms with van der Waals surface area (Å²) in [6.45, 7) is 1.63. The van der Waals surface area contributed by atoms with Gasteiger partial charge in [0.2, 0.25) is 5.13 Å². The van der Waals surface area contributed by atoms with Crippen LogP contribution in [0.1, 0.15) is 5.56 Å². The molecule has 10 nitrogen and oxygen atoms in total. The summed E-state index contributed by atoms with van der Waals surface area (Å²) in [7, 11) is -0.919. The van der Waals surface area contributed by atoms with Crippen molar-refractivity contribution < 1.29 is 27.4 Å². The van der Waals surface area contributed by atoms with E-state index in [0.29, 0.717) is 22.2 Å². The van der Waals surface area contributed by atoms with Crippen LogP contribution in [0, 0.1) is 6.92 Å². The molecule has 1 atom stereocenters. The van der Waals surface area contributed by atoms with E-state index >= 15 is 0 Å². The fourth-order valence-electron chi connectivity index (χ4n) is 3.91. The van der Waals surface area contributed by atoms with Crippen molar-refractivity contribution in [1.82, 2.24) is 10.2 Å². The van der Waals surface area contributed by atoms with Crippen molar-refractivity contribution in [2.45, 2.75) is 17.9 Å². The normalized spacial score (nSPS) is 14.8. The van der Waals surface area contributed by atoms with Crippen LogP contribution in [0.15, 0.2) is 71.6 Å². The average molecular weight is 553 g/mol. The highest BCUT2D eigenvalue weighted by Crippen LogP contribution is 2.38. The molecule has 0 bridgehead atoms. The smallest absolute Gasteiger partial charge is 0.269 e. The van der Waals surface area contributed by atoms with Crippen LogP contribution in [-0.2, 0) is 14.8 Å². The number of sulfonamides is 1. The number of nitrogens with one attached hydrogen (secondary N) is 1. The van der Waals surface area contributed by atoms with E-state index < -0.39 is 22.0 Å². The van der Waals surface area contributed by atoms with Crippen molar-refractivity contribution in [2.75, 3.05) is 30.4 Å². The van der Waals surface area contributed by atoms with Crippen LogP contribution >= 0.6 is 11.3 Å². The van der Waals surface area contributed by atoms with Gasteiger partial charge in [0.1, 0.15) is 22.3 Å². The minimum atomic E-state index is -4.01. The Morgan fingerprint density at radius 2 is 1.66 bits per heavy atom. The topological polar surface area (TPSA) is 120 Å². The van der Waals surface area contributed by atoms with E-state index in [9.17, 15) is 13.2 Å². The first kappa shape index (κ1) is 25.5. The van der Waals surface area contributed by atoms with Crippen LogP contribution in [0.25, 0.3) is 10.6 Å². The largest absolute Gasteiger partial charge is 0.497 e. The second-order valence-electron chi connectivity index (χ2n) is 8.42. The number of anilines is 2. The first-order valence-electron chi connectivity index (χ1n) is 11.5. The molecule has 0 aliphatic carbocycles. The second-order valence-corrected chi connectivity index (χ2v) is 11.3. The molecule has 1 aliphatic heterocycles. The molecule has 4 aromatic rings. The van der Waals surface area contributed by atoms with Gasteiger partial charge in [-0.1, -0.05) is 17.4 Å². The molecule has 0 saturated carbocycles. The van der Waals surface area contributed by atoms with Gasteiger partial charge in [-0.3, -0.25) is 14.4 Å². The van der Waals surface area contributed by atoms with Crippen molar-refractivity contribution in [2.24, 2.45) is 0 Å². The van der Waals surface area contributed by atoms with E-state index in [1.54, 1.807) is 37.4 Å². The molecule has 196 valence electrons. The predicted octanol–water partition coefficient (Wildman–Crippen LogP) is 4.13. The number of carbonyl (C=O) groups excluding carboxylic acids is 1. The summed E-state index contributed by atoms with van der Waals surface area (Å²) in [5, 5.41) is 11.8. The van der Waals surface area contributed by atoms with E-state index in [0.717, 1.165) is 11.1 Å². The second kappa shape index (κ2) is 10.3. The van der Waals surface area contributed by atoms with Gasteiger partial charge in [-0.25, -0.2) is 8.42 Å². The summed E-state index contributed by atoms with van der Waals surface area (Å²) in [4.78, 5) is 13.3. The van der Waals surface area contributed by atoms with Crippen LogP contribution in [0.4, 0.5) is 10.8 Å². The number of hydrogen-bond acceptors (Lipinski definition) is 9. The maximum Gasteiger partial charge on any atom is 0.269 e. The lowest BCUT2D eigenvalue weighted by molar-refractivity contribution is -0.122. The Hall–Kier alpha value is -4.16. The Morgan fingerprint density at radius 1 is 1.00 bits per heavy atom. The summed E-state index contributed by atoms with van der Waals surface area (Å²) < 4.78 is 44.8. The van der Waals surface area contributed by atoms with Crippen molar-refractivity contribution in [3.05, 3.63) is 72.3 Å². The van der Waals surface area contributed by atoms with Crippen molar-refractivity contribution >= 4 is 38.1 Å². The quantitative estimate of drug-likeness (QED) is 0.364. The molecular formula is C26H24N4O6S2. The number of aryl methyl sites for hydroxylation is 1. The number of benzene rings is 3. The summed E-state index contributed by atoms with van der Waals surface area (Å²) in [6.07, 6.45) is -1.12. The van der Waals surface area contributed by atoms with Crippen LogP contribution in [-0.4, -0.2) is 51.4 Å². The Balaban J connectivity index is 1.40. The highest BCUT2D eigenvalue weighted by Gasteiger charge is 2.38. The summed E-state index contributed by atoms with van der Waals surface area (Å²) in [6, 6.07) is 18.6. The zero-order chi connectivity index (χ0) is 26.9. The van der Waals surface area contributed by atoms with Crippen LogP contribution in [0.5, 0.6) is 17.2 Å². The molecule has 38 heavy (non-hydrogen) atoms. The van der Waals surface area contributed by atoms with Gasteiger partial charge in [-0.05, 0) is 73.2 Å². The third-order valence-corrected chi connectivity index (χ3v) is 8.60. The van der Waals surface area contributed by atoms with Gasteiger partial charge in [0.25, 0.3) is 15.9 Å². The fraction of sp³-hybridized carbons (Fsp3) is 0.192. The monoisotopic (exact) mass is 552 g/mol. The van der Waals surface area contributed by atoms with Crippen molar-refractivity contribution in [1.29, 1.82) is 0 Å². The average Bonchev–Trinajstić information content (AvgIpc) is 3.40. The van der Waals surface area contributed by atoms with Crippen LogP contribution in [0.3, 0.4) is 0 Å². The number of nitrogens with zero attached hydrogens (tertiary/aromatic N) is 3. The SMILES string of the molecule is COc1ccc(-c2nnc(NC(=O)C3CN(S(=O)(=O)c4ccc(OC)cc4)c4cc(C)ccc4O3)s2)cc1. The maximum atomic E-state index is 13.7. The molecule has 1 aromatic heterocycles. The molecule has 5 rings (SSSR count). The molecule has 1 unspecified atom stereocenters. The van der Waals surface area contributed by atoms with Gasteiger partial charge in [0.05, 0.1) is 31.3 Å². The fourth-order valence-corrected chi connectivity index (χ4v) is 6.13. The van der Waals surface area contributed by atoms with Crippen LogP contribution in [0.2, 0.25) is 0 Å². The summed E-state index contributed by atoms with van der Waals surface area (Å²) in [5.74, 6) is 0.996. The van der Waals surface area contributed by atoms with E-state index in [-0.39, 0.29) is 22.3 Å². The lowest BCUT2D eigenvalue weighted by Gasteiger charge is -2.34. The highest BCUT2D eigenvalue weighted by molar-refractivity contribution is 7.92. The van der Waals surface area contributed by atoms with Gasteiger partial charge < -0.3 is 14.2 Å². The van der Waals surface area contributed by atoms with Gasteiger partial charge in [-0.2, -0.15) is 0 Å². The number of ether oxygens (including phenoxy) is 3. The highest BCUT2D eigenvalue weighted by atomic mass is 32.2. The predicted molar refractivity (Wildman–Crippen MR) is 144 cm³/mol. The minimum absolute atomic E-state index is 0.0695. The molecule has 1 amide bonds. The molecule has 0 radical (unpaired) electrons. The third kappa shape index (κ3) is 5.00. The van der Waals surface area contributed by atoms with Gasteiger partial charge in [-0.15, -0.1) is 10.2 Å². The molecule has 12 heteroatoms. The van der Waals surface area contributed by atoms with Gasteiger partial charge in [0, 0.05) is 5.56 Å².